The van der Waals surface area contributed by atoms with Crippen molar-refractivity contribution in [1.82, 2.24) is 0 Å². The van der Waals surface area contributed by atoms with Crippen molar-refractivity contribution in [2.75, 3.05) is 13.4 Å². The Morgan fingerprint density at radius 1 is 1.13 bits per heavy atom. The van der Waals surface area contributed by atoms with Crippen molar-refractivity contribution < 1.29 is 24.2 Å². The molecule has 120 valence electrons. The van der Waals surface area contributed by atoms with Crippen LogP contribution in [-0.4, -0.2) is 30.3 Å². The molecule has 0 aliphatic rings. The maximum Gasteiger partial charge on any atom is 0.337 e. The maximum absolute atomic E-state index is 12.6. The van der Waals surface area contributed by atoms with Gasteiger partial charge in [0.25, 0.3) is 0 Å². The van der Waals surface area contributed by atoms with Crippen molar-refractivity contribution in [3.8, 4) is 5.75 Å². The molecular weight excluding hydrogens is 320 g/mol. The number of benzene rings is 2. The molecule has 2 rings (SSSR count). The van der Waals surface area contributed by atoms with Crippen LogP contribution >= 0.6 is 11.6 Å². The standard InChI is InChI=1S/C17H15ClO5/c1-2-22-10-23-15-6-4-3-5-13(15)16(19)11-7-8-12(17(20)21)14(18)9-11/h3-9H,2,10H2,1H3,(H,20,21). The van der Waals surface area contributed by atoms with Crippen LogP contribution in [0.25, 0.3) is 0 Å². The van der Waals surface area contributed by atoms with Gasteiger partial charge >= 0.3 is 5.97 Å². The monoisotopic (exact) mass is 334 g/mol. The van der Waals surface area contributed by atoms with Crippen molar-refractivity contribution in [1.29, 1.82) is 0 Å². The van der Waals surface area contributed by atoms with E-state index in [1.807, 2.05) is 6.92 Å². The SMILES string of the molecule is CCOCOc1ccccc1C(=O)c1ccc(C(=O)O)c(Cl)c1. The Balaban J connectivity index is 2.30. The summed E-state index contributed by atoms with van der Waals surface area (Å²) in [5.41, 5.74) is 0.586. The summed E-state index contributed by atoms with van der Waals surface area (Å²) in [6.45, 7) is 2.38. The Bertz CT molecular complexity index is 727. The van der Waals surface area contributed by atoms with Crippen molar-refractivity contribution in [2.45, 2.75) is 6.92 Å². The number of halogens is 1. The van der Waals surface area contributed by atoms with Gasteiger partial charge in [0.05, 0.1) is 16.1 Å². The summed E-state index contributed by atoms with van der Waals surface area (Å²) in [5, 5.41) is 8.98. The molecule has 0 saturated heterocycles. The highest BCUT2D eigenvalue weighted by atomic mass is 35.5. The minimum Gasteiger partial charge on any atom is -0.478 e. The first-order valence-electron chi connectivity index (χ1n) is 6.91. The normalized spacial score (nSPS) is 10.3. The van der Waals surface area contributed by atoms with E-state index < -0.39 is 5.97 Å². The Morgan fingerprint density at radius 3 is 2.52 bits per heavy atom. The second kappa shape index (κ2) is 7.76. The van der Waals surface area contributed by atoms with Gasteiger partial charge in [0.2, 0.25) is 0 Å². The molecule has 2 aromatic rings. The molecule has 0 saturated carbocycles. The van der Waals surface area contributed by atoms with Crippen LogP contribution in [0.1, 0.15) is 33.2 Å². The fraction of sp³-hybridized carbons (Fsp3) is 0.176. The second-order valence-corrected chi connectivity index (χ2v) is 4.99. The zero-order valence-electron chi connectivity index (χ0n) is 12.4. The molecule has 0 aliphatic carbocycles. The lowest BCUT2D eigenvalue weighted by atomic mass is 10.0. The molecule has 0 heterocycles. The van der Waals surface area contributed by atoms with Crippen LogP contribution in [0, 0.1) is 0 Å². The molecule has 23 heavy (non-hydrogen) atoms. The maximum atomic E-state index is 12.6. The molecule has 0 aliphatic heterocycles. The number of carbonyl (C=O) groups is 2. The van der Waals surface area contributed by atoms with E-state index in [0.717, 1.165) is 0 Å². The molecule has 5 nitrogen and oxygen atoms in total. The Labute approximate surface area is 138 Å². The van der Waals surface area contributed by atoms with Crippen LogP contribution in [-0.2, 0) is 4.74 Å². The lowest BCUT2D eigenvalue weighted by Gasteiger charge is -2.11. The highest BCUT2D eigenvalue weighted by molar-refractivity contribution is 6.34. The fourth-order valence-corrected chi connectivity index (χ4v) is 2.22. The number of rotatable bonds is 7. The van der Waals surface area contributed by atoms with Gasteiger partial charge in [-0.25, -0.2) is 4.79 Å². The number of aromatic carboxylic acids is 1. The number of ether oxygens (including phenoxy) is 2. The first-order chi connectivity index (χ1) is 11.0. The number of carbonyl (C=O) groups excluding carboxylic acids is 1. The third kappa shape index (κ3) is 4.09. The van der Waals surface area contributed by atoms with Gasteiger partial charge < -0.3 is 14.6 Å². The van der Waals surface area contributed by atoms with Gasteiger partial charge in [-0.05, 0) is 31.2 Å². The van der Waals surface area contributed by atoms with Crippen LogP contribution in [0.15, 0.2) is 42.5 Å². The van der Waals surface area contributed by atoms with E-state index in [2.05, 4.69) is 0 Å². The average molecular weight is 335 g/mol. The van der Waals surface area contributed by atoms with Crippen LogP contribution in [0.3, 0.4) is 0 Å². The van der Waals surface area contributed by atoms with Crippen LogP contribution in [0.4, 0.5) is 0 Å². The molecule has 0 radical (unpaired) electrons. The van der Waals surface area contributed by atoms with Crippen LogP contribution in [0.2, 0.25) is 5.02 Å². The Hall–Kier alpha value is -2.37. The number of carboxylic acid groups (broad SMARTS) is 1. The van der Waals surface area contributed by atoms with E-state index in [1.54, 1.807) is 24.3 Å². The van der Waals surface area contributed by atoms with Crippen molar-refractivity contribution in [2.24, 2.45) is 0 Å². The van der Waals surface area contributed by atoms with Gasteiger partial charge in [-0.3, -0.25) is 4.79 Å². The van der Waals surface area contributed by atoms with Gasteiger partial charge in [-0.1, -0.05) is 29.8 Å². The summed E-state index contributed by atoms with van der Waals surface area (Å²) in [6, 6.07) is 10.8. The lowest BCUT2D eigenvalue weighted by molar-refractivity contribution is 0.0220. The summed E-state index contributed by atoms with van der Waals surface area (Å²) < 4.78 is 10.6. The van der Waals surface area contributed by atoms with E-state index in [9.17, 15) is 9.59 Å². The summed E-state index contributed by atoms with van der Waals surface area (Å²) >= 11 is 5.91. The number of carboxylic acids is 1. The molecule has 0 atom stereocenters. The smallest absolute Gasteiger partial charge is 0.337 e. The largest absolute Gasteiger partial charge is 0.478 e. The molecule has 0 amide bonds. The first-order valence-corrected chi connectivity index (χ1v) is 7.29. The first kappa shape index (κ1) is 17.0. The molecule has 0 bridgehead atoms. The predicted octanol–water partition coefficient (Wildman–Crippen LogP) is 3.64. The third-order valence-electron chi connectivity index (χ3n) is 3.10. The number of para-hydroxylation sites is 1. The topological polar surface area (TPSA) is 72.8 Å². The Morgan fingerprint density at radius 2 is 1.87 bits per heavy atom. The summed E-state index contributed by atoms with van der Waals surface area (Å²) in [6.07, 6.45) is 0. The van der Waals surface area contributed by atoms with Gasteiger partial charge in [0, 0.05) is 12.2 Å². The molecule has 1 N–H and O–H groups in total. The summed E-state index contributed by atoms with van der Waals surface area (Å²) in [4.78, 5) is 23.6. The quantitative estimate of drug-likeness (QED) is 0.475. The second-order valence-electron chi connectivity index (χ2n) is 4.58. The van der Waals surface area contributed by atoms with E-state index in [0.29, 0.717) is 17.9 Å². The van der Waals surface area contributed by atoms with E-state index in [4.69, 9.17) is 26.2 Å². The fourth-order valence-electron chi connectivity index (χ4n) is 1.95. The molecule has 6 heteroatoms. The molecule has 0 aromatic heterocycles. The molecule has 0 unspecified atom stereocenters. The zero-order valence-corrected chi connectivity index (χ0v) is 13.2. The number of hydrogen-bond acceptors (Lipinski definition) is 4. The zero-order chi connectivity index (χ0) is 16.8. The van der Waals surface area contributed by atoms with Gasteiger partial charge in [0.15, 0.2) is 12.6 Å². The van der Waals surface area contributed by atoms with Crippen molar-refractivity contribution >= 4 is 23.4 Å². The van der Waals surface area contributed by atoms with E-state index >= 15 is 0 Å². The van der Waals surface area contributed by atoms with Crippen LogP contribution in [0.5, 0.6) is 5.75 Å². The average Bonchev–Trinajstić information content (AvgIpc) is 2.54. The van der Waals surface area contributed by atoms with Crippen molar-refractivity contribution in [3.63, 3.8) is 0 Å². The predicted molar refractivity (Wildman–Crippen MR) is 85.4 cm³/mol. The molecule has 2 aromatic carbocycles. The lowest BCUT2D eigenvalue weighted by Crippen LogP contribution is -2.09. The summed E-state index contributed by atoms with van der Waals surface area (Å²) in [7, 11) is 0. The van der Waals surface area contributed by atoms with Gasteiger partial charge in [-0.2, -0.15) is 0 Å². The van der Waals surface area contributed by atoms with Crippen molar-refractivity contribution in [3.05, 3.63) is 64.2 Å². The minimum atomic E-state index is -1.14. The molecule has 0 spiro atoms. The highest BCUT2D eigenvalue weighted by Crippen LogP contribution is 2.24. The van der Waals surface area contributed by atoms with E-state index in [1.165, 1.54) is 18.2 Å². The van der Waals surface area contributed by atoms with Gasteiger partial charge in [-0.15, -0.1) is 0 Å². The number of hydrogen-bond donors (Lipinski definition) is 1. The molecule has 0 fully saturated rings. The minimum absolute atomic E-state index is 0.0102. The highest BCUT2D eigenvalue weighted by Gasteiger charge is 2.17. The summed E-state index contributed by atoms with van der Waals surface area (Å²) in [5.74, 6) is -1.06. The van der Waals surface area contributed by atoms with E-state index in [-0.39, 0.29) is 28.7 Å². The van der Waals surface area contributed by atoms with Gasteiger partial charge in [0.1, 0.15) is 5.75 Å². The third-order valence-corrected chi connectivity index (χ3v) is 3.41. The number of ketones is 1. The Kier molecular flexibility index (Phi) is 5.73. The molecular formula is C17H15ClO5. The van der Waals surface area contributed by atoms with Crippen LogP contribution < -0.4 is 4.74 Å².